The lowest BCUT2D eigenvalue weighted by atomic mass is 10.1. The average molecular weight is 858 g/mol. The van der Waals surface area contributed by atoms with Gasteiger partial charge in [0.1, 0.15) is 19.8 Å². The maximum atomic E-state index is 13.2. The molecule has 0 saturated heterocycles. The number of hydrogen-bond acceptors (Lipinski definition) is 6. The van der Waals surface area contributed by atoms with Gasteiger partial charge in [0.25, 0.3) is 0 Å². The van der Waals surface area contributed by atoms with Crippen LogP contribution in [-0.4, -0.2) is 92.4 Å². The minimum Gasteiger partial charge on any atom is -1.00 e. The first kappa shape index (κ1) is 56.4. The Morgan fingerprint density at radius 2 is 0.839 bits per heavy atom. The van der Waals surface area contributed by atoms with E-state index in [2.05, 4.69) is 38.2 Å². The number of rotatable bonds is 41. The molecule has 0 spiro atoms. The van der Waals surface area contributed by atoms with Crippen LogP contribution in [0, 0.1) is 0 Å². The summed E-state index contributed by atoms with van der Waals surface area (Å²) >= 11 is 0. The largest absolute Gasteiger partial charge is 1.00 e. The number of unbranched alkanes of at least 4 members (excludes halogenated alkanes) is 22. The molecular formula is C47H89BrN2O6. The highest BCUT2D eigenvalue weighted by atomic mass is 79.9. The van der Waals surface area contributed by atoms with Crippen molar-refractivity contribution in [3.05, 3.63) is 24.3 Å². The Labute approximate surface area is 356 Å². The van der Waals surface area contributed by atoms with Crippen molar-refractivity contribution in [1.82, 2.24) is 4.90 Å². The van der Waals surface area contributed by atoms with Gasteiger partial charge in [0.2, 0.25) is 5.91 Å². The topological polar surface area (TPSA) is 93.1 Å². The van der Waals surface area contributed by atoms with E-state index in [1.807, 2.05) is 14.1 Å². The summed E-state index contributed by atoms with van der Waals surface area (Å²) in [4.78, 5) is 39.6. The van der Waals surface area contributed by atoms with E-state index < -0.39 is 0 Å². The van der Waals surface area contributed by atoms with E-state index in [0.717, 1.165) is 51.4 Å². The van der Waals surface area contributed by atoms with Crippen LogP contribution in [0.4, 0.5) is 0 Å². The van der Waals surface area contributed by atoms with Crippen molar-refractivity contribution in [2.45, 2.75) is 200 Å². The van der Waals surface area contributed by atoms with Crippen molar-refractivity contribution in [1.29, 1.82) is 0 Å². The lowest BCUT2D eigenvalue weighted by Gasteiger charge is -2.30. The van der Waals surface area contributed by atoms with E-state index in [-0.39, 0.29) is 67.7 Å². The molecule has 8 nitrogen and oxygen atoms in total. The van der Waals surface area contributed by atoms with E-state index >= 15 is 0 Å². The van der Waals surface area contributed by atoms with E-state index in [9.17, 15) is 19.5 Å². The molecule has 0 aliphatic rings. The molecule has 0 aliphatic heterocycles. The number of nitrogens with zero attached hydrogens (tertiary/aromatic N) is 2. The second-order valence-corrected chi connectivity index (χ2v) is 16.3. The Kier molecular flexibility index (Phi) is 43.2. The quantitative estimate of drug-likeness (QED) is 0.0288. The minimum absolute atomic E-state index is 0. The van der Waals surface area contributed by atoms with Crippen LogP contribution in [0.3, 0.4) is 0 Å². The van der Waals surface area contributed by atoms with Gasteiger partial charge < -0.3 is 40.9 Å². The number of carbonyl (C=O) groups is 3. The summed E-state index contributed by atoms with van der Waals surface area (Å²) in [5.74, 6) is -0.514. The first-order valence-electron chi connectivity index (χ1n) is 23.1. The third kappa shape index (κ3) is 40.5. The molecule has 0 aromatic carbocycles. The molecule has 0 radical (unpaired) electrons. The average Bonchev–Trinajstić information content (AvgIpc) is 3.16. The van der Waals surface area contributed by atoms with Crippen molar-refractivity contribution in [2.75, 3.05) is 60.1 Å². The highest BCUT2D eigenvalue weighted by Gasteiger charge is 2.21. The number of amides is 1. The van der Waals surface area contributed by atoms with Crippen LogP contribution in [0.15, 0.2) is 24.3 Å². The van der Waals surface area contributed by atoms with Crippen LogP contribution < -0.4 is 17.0 Å². The van der Waals surface area contributed by atoms with Crippen molar-refractivity contribution in [3.63, 3.8) is 0 Å². The highest BCUT2D eigenvalue weighted by molar-refractivity contribution is 5.76. The fourth-order valence-electron chi connectivity index (χ4n) is 6.66. The normalized spacial score (nSPS) is 11.7. The van der Waals surface area contributed by atoms with Gasteiger partial charge in [-0.1, -0.05) is 141 Å². The van der Waals surface area contributed by atoms with Crippen LogP contribution in [-0.2, 0) is 23.9 Å². The van der Waals surface area contributed by atoms with Gasteiger partial charge in [-0.2, -0.15) is 0 Å². The van der Waals surface area contributed by atoms with Crippen LogP contribution in [0.2, 0.25) is 0 Å². The second kappa shape index (κ2) is 42.9. The minimum atomic E-state index is -0.225. The van der Waals surface area contributed by atoms with Gasteiger partial charge in [0, 0.05) is 12.8 Å². The van der Waals surface area contributed by atoms with Crippen LogP contribution in [0.5, 0.6) is 0 Å². The fraction of sp³-hybridized carbons (Fsp3) is 0.851. The van der Waals surface area contributed by atoms with E-state index in [4.69, 9.17) is 9.47 Å². The van der Waals surface area contributed by atoms with Crippen molar-refractivity contribution >= 4 is 17.8 Å². The molecule has 0 bridgehead atoms. The fourth-order valence-corrected chi connectivity index (χ4v) is 6.66. The molecule has 9 heteroatoms. The molecule has 56 heavy (non-hydrogen) atoms. The molecular weight excluding hydrogens is 768 g/mol. The molecule has 1 N–H and O–H groups in total. The predicted molar refractivity (Wildman–Crippen MR) is 231 cm³/mol. The first-order chi connectivity index (χ1) is 26.8. The molecule has 0 aromatic rings. The number of aliphatic hydroxyl groups excluding tert-OH is 1. The lowest BCUT2D eigenvalue weighted by molar-refractivity contribution is -0.890. The van der Waals surface area contributed by atoms with Gasteiger partial charge in [-0.05, 0) is 64.2 Å². The molecule has 0 heterocycles. The molecule has 0 aromatic heterocycles. The number of hydrogen-bond donors (Lipinski definition) is 1. The first-order valence-corrected chi connectivity index (χ1v) is 23.1. The summed E-state index contributed by atoms with van der Waals surface area (Å²) < 4.78 is 11.5. The maximum absolute atomic E-state index is 13.2. The monoisotopic (exact) mass is 857 g/mol. The number of quaternary nitrogens is 1. The third-order valence-corrected chi connectivity index (χ3v) is 10.5. The SMILES string of the molecule is CCCCCCCCC=CCCCCCCCC(=O)OCCN(CCOC(=O)CCCCCCCC=CCCCCCCCC)C(=O)CC[N+](C)(C)CCO.[Br-]. The van der Waals surface area contributed by atoms with Gasteiger partial charge in [-0.25, -0.2) is 0 Å². The van der Waals surface area contributed by atoms with Gasteiger partial charge in [-0.15, -0.1) is 0 Å². The molecule has 0 saturated carbocycles. The zero-order valence-corrected chi connectivity index (χ0v) is 38.6. The molecule has 0 aliphatic carbocycles. The number of halogens is 1. The maximum Gasteiger partial charge on any atom is 0.305 e. The summed E-state index contributed by atoms with van der Waals surface area (Å²) in [6.07, 6.45) is 42.0. The van der Waals surface area contributed by atoms with Crippen molar-refractivity contribution in [3.8, 4) is 0 Å². The number of carbonyl (C=O) groups excluding carboxylic acids is 3. The van der Waals surface area contributed by atoms with Crippen molar-refractivity contribution < 1.29 is 50.4 Å². The Morgan fingerprint density at radius 1 is 0.500 bits per heavy atom. The van der Waals surface area contributed by atoms with Gasteiger partial charge in [0.15, 0.2) is 0 Å². The Bertz CT molecular complexity index is 899. The molecule has 0 fully saturated rings. The summed E-state index contributed by atoms with van der Waals surface area (Å²) in [7, 11) is 3.98. The summed E-state index contributed by atoms with van der Waals surface area (Å²) in [6.45, 7) is 6.54. The number of aliphatic hydroxyl groups is 1. The molecule has 1 amide bonds. The van der Waals surface area contributed by atoms with Gasteiger partial charge in [0.05, 0.1) is 46.8 Å². The van der Waals surface area contributed by atoms with Gasteiger partial charge in [-0.3, -0.25) is 14.4 Å². The lowest BCUT2D eigenvalue weighted by Crippen LogP contribution is -3.00. The zero-order valence-electron chi connectivity index (χ0n) is 37.0. The van der Waals surface area contributed by atoms with Crippen LogP contribution >= 0.6 is 0 Å². The predicted octanol–water partition coefficient (Wildman–Crippen LogP) is 8.44. The molecule has 0 atom stereocenters. The summed E-state index contributed by atoms with van der Waals surface area (Å²) in [5.41, 5.74) is 0. The highest BCUT2D eigenvalue weighted by Crippen LogP contribution is 2.12. The van der Waals surface area contributed by atoms with Crippen molar-refractivity contribution in [2.24, 2.45) is 0 Å². The van der Waals surface area contributed by atoms with E-state index in [1.54, 1.807) is 4.90 Å². The van der Waals surface area contributed by atoms with E-state index in [1.165, 1.54) is 116 Å². The van der Waals surface area contributed by atoms with Crippen LogP contribution in [0.1, 0.15) is 200 Å². The van der Waals surface area contributed by atoms with Gasteiger partial charge >= 0.3 is 11.9 Å². The Morgan fingerprint density at radius 3 is 1.20 bits per heavy atom. The van der Waals surface area contributed by atoms with Crippen LogP contribution in [0.25, 0.3) is 0 Å². The standard InChI is InChI=1S/C47H89N2O6.BrH/c1-5-7-9-11-13-15-17-19-21-23-25-27-29-31-33-35-46(52)54-43-38-48(45(51)37-40-49(3,4)41-42-50)39-44-55-47(53)36-34-32-30-28-26-24-22-20-18-16-14-12-10-8-6-2;/h19-22,50H,5-18,23-44H2,1-4H3;1H/q+1;/p-1. The Hall–Kier alpha value is -1.71. The Balaban J connectivity index is 0. The second-order valence-electron chi connectivity index (χ2n) is 16.3. The third-order valence-electron chi connectivity index (χ3n) is 10.5. The molecule has 0 unspecified atom stereocenters. The molecule has 0 rings (SSSR count). The smallest absolute Gasteiger partial charge is 0.305 e. The zero-order chi connectivity index (χ0) is 40.5. The number of esters is 2. The number of allylic oxidation sites excluding steroid dienone is 4. The summed E-state index contributed by atoms with van der Waals surface area (Å²) in [6, 6.07) is 0. The number of likely N-dealkylation sites (N-methyl/N-ethyl adjacent to an activating group) is 1. The van der Waals surface area contributed by atoms with E-state index in [0.29, 0.717) is 36.8 Å². The molecule has 330 valence electrons. The number of ether oxygens (including phenoxy) is 2. The summed E-state index contributed by atoms with van der Waals surface area (Å²) in [5, 5.41) is 9.37.